The third-order valence-electron chi connectivity index (χ3n) is 1.83. The molecule has 5 heteroatoms. The van der Waals surface area contributed by atoms with Gasteiger partial charge in [-0.15, -0.1) is 0 Å². The maximum absolute atomic E-state index is 13.1. The average molecular weight is 201 g/mol. The van der Waals surface area contributed by atoms with Gasteiger partial charge in [-0.2, -0.15) is 0 Å². The van der Waals surface area contributed by atoms with Gasteiger partial charge >= 0.3 is 0 Å². The molecule has 0 aliphatic heterocycles. The molecule has 0 spiro atoms. The monoisotopic (exact) mass is 201 g/mol. The van der Waals surface area contributed by atoms with Crippen molar-refractivity contribution in [3.8, 4) is 0 Å². The van der Waals surface area contributed by atoms with E-state index in [0.717, 1.165) is 0 Å². The summed E-state index contributed by atoms with van der Waals surface area (Å²) < 4.78 is 26.2. The summed E-state index contributed by atoms with van der Waals surface area (Å²) >= 11 is 0. The zero-order valence-electron chi connectivity index (χ0n) is 7.59. The van der Waals surface area contributed by atoms with Gasteiger partial charge in [0.1, 0.15) is 11.6 Å². The van der Waals surface area contributed by atoms with Crippen molar-refractivity contribution in [3.05, 3.63) is 45.0 Å². The van der Waals surface area contributed by atoms with Crippen LogP contribution < -0.4 is 0 Å². The smallest absolute Gasteiger partial charge is 0.208 e. The van der Waals surface area contributed by atoms with Crippen LogP contribution in [0.3, 0.4) is 0 Å². The molecule has 0 fully saturated rings. The maximum atomic E-state index is 13.1. The van der Waals surface area contributed by atoms with Crippen LogP contribution in [-0.4, -0.2) is 11.5 Å². The Morgan fingerprint density at radius 1 is 1.36 bits per heavy atom. The van der Waals surface area contributed by atoms with Gasteiger partial charge in [-0.25, -0.2) is 8.78 Å². The van der Waals surface area contributed by atoms with Crippen molar-refractivity contribution in [2.45, 2.75) is 13.3 Å². The second-order valence-electron chi connectivity index (χ2n) is 3.01. The number of benzene rings is 1. The highest BCUT2D eigenvalue weighted by Crippen LogP contribution is 2.15. The van der Waals surface area contributed by atoms with Crippen LogP contribution in [0.25, 0.3) is 0 Å². The fourth-order valence-corrected chi connectivity index (χ4v) is 1.17. The first-order valence-electron chi connectivity index (χ1n) is 4.07. The van der Waals surface area contributed by atoms with E-state index in [1.807, 2.05) is 0 Å². The topological polar surface area (TPSA) is 43.1 Å². The molecule has 0 N–H and O–H groups in total. The largest absolute Gasteiger partial charge is 0.265 e. The van der Waals surface area contributed by atoms with E-state index in [0.29, 0.717) is 5.56 Å². The Labute approximate surface area is 79.5 Å². The molecule has 76 valence electrons. The Hall–Kier alpha value is -1.52. The Kier molecular flexibility index (Phi) is 3.11. The molecular formula is C9H9F2NO2. The maximum Gasteiger partial charge on any atom is 0.208 e. The lowest BCUT2D eigenvalue weighted by molar-refractivity contribution is -0.479. The quantitative estimate of drug-likeness (QED) is 0.555. The number of rotatable bonds is 3. The third kappa shape index (κ3) is 2.48. The van der Waals surface area contributed by atoms with Gasteiger partial charge in [-0.3, -0.25) is 10.1 Å². The van der Waals surface area contributed by atoms with E-state index in [2.05, 4.69) is 0 Å². The molecular weight excluding hydrogens is 192 g/mol. The summed E-state index contributed by atoms with van der Waals surface area (Å²) in [5.74, 6) is -1.44. The van der Waals surface area contributed by atoms with Gasteiger partial charge in [0.15, 0.2) is 0 Å². The fraction of sp³-hybridized carbons (Fsp3) is 0.333. The molecule has 0 bridgehead atoms. The zero-order valence-corrected chi connectivity index (χ0v) is 7.59. The number of nitro groups is 1. The molecule has 1 rings (SSSR count). The number of halogens is 2. The SMILES string of the molecule is Cc1cc(F)c(CC[N+](=O)[O-])c(F)c1. The van der Waals surface area contributed by atoms with Crippen LogP contribution in [0, 0.1) is 28.7 Å². The average Bonchev–Trinajstić information content (AvgIpc) is 2.01. The molecule has 1 aromatic rings. The summed E-state index contributed by atoms with van der Waals surface area (Å²) in [6.45, 7) is 1.10. The van der Waals surface area contributed by atoms with Crippen molar-refractivity contribution in [1.29, 1.82) is 0 Å². The van der Waals surface area contributed by atoms with E-state index in [1.54, 1.807) is 6.92 Å². The van der Waals surface area contributed by atoms with Gasteiger partial charge in [0.25, 0.3) is 0 Å². The predicted molar refractivity (Wildman–Crippen MR) is 46.7 cm³/mol. The van der Waals surface area contributed by atoms with Crippen LogP contribution in [-0.2, 0) is 6.42 Å². The summed E-state index contributed by atoms with van der Waals surface area (Å²) in [4.78, 5) is 9.42. The zero-order chi connectivity index (χ0) is 10.7. The number of hydrogen-bond acceptors (Lipinski definition) is 2. The highest BCUT2D eigenvalue weighted by molar-refractivity contribution is 5.25. The van der Waals surface area contributed by atoms with E-state index in [-0.39, 0.29) is 12.0 Å². The van der Waals surface area contributed by atoms with Gasteiger partial charge < -0.3 is 0 Å². The molecule has 0 amide bonds. The lowest BCUT2D eigenvalue weighted by Gasteiger charge is -2.03. The van der Waals surface area contributed by atoms with E-state index < -0.39 is 23.1 Å². The van der Waals surface area contributed by atoms with Crippen molar-refractivity contribution in [2.75, 3.05) is 6.54 Å². The summed E-state index contributed by atoms with van der Waals surface area (Å²) in [5, 5.41) is 10.0. The van der Waals surface area contributed by atoms with E-state index in [1.165, 1.54) is 12.1 Å². The van der Waals surface area contributed by atoms with Gasteiger partial charge in [0, 0.05) is 16.9 Å². The predicted octanol–water partition coefficient (Wildman–Crippen LogP) is 2.09. The van der Waals surface area contributed by atoms with E-state index in [4.69, 9.17) is 0 Å². The molecule has 0 aliphatic rings. The molecule has 0 aliphatic carbocycles. The first kappa shape index (κ1) is 10.6. The lowest BCUT2D eigenvalue weighted by atomic mass is 10.1. The molecule has 0 atom stereocenters. The van der Waals surface area contributed by atoms with Crippen molar-refractivity contribution in [3.63, 3.8) is 0 Å². The van der Waals surface area contributed by atoms with Crippen molar-refractivity contribution in [2.24, 2.45) is 0 Å². The molecule has 0 radical (unpaired) electrons. The lowest BCUT2D eigenvalue weighted by Crippen LogP contribution is -2.07. The summed E-state index contributed by atoms with van der Waals surface area (Å²) in [5.41, 5.74) is 0.247. The van der Waals surface area contributed by atoms with Crippen molar-refractivity contribution < 1.29 is 13.7 Å². The molecule has 0 saturated carbocycles. The minimum absolute atomic E-state index is 0.215. The normalized spacial score (nSPS) is 10.2. The molecule has 0 saturated heterocycles. The molecule has 0 unspecified atom stereocenters. The van der Waals surface area contributed by atoms with Gasteiger partial charge in [0.05, 0.1) is 0 Å². The number of aryl methyl sites for hydroxylation is 1. The minimum atomic E-state index is -0.718. The van der Waals surface area contributed by atoms with Crippen LogP contribution in [0.1, 0.15) is 11.1 Å². The molecule has 0 aromatic heterocycles. The molecule has 0 heterocycles. The summed E-state index contributed by atoms with van der Waals surface area (Å²) in [6.07, 6.45) is -0.217. The Balaban J connectivity index is 2.91. The van der Waals surface area contributed by atoms with Crippen LogP contribution in [0.2, 0.25) is 0 Å². The number of hydrogen-bond donors (Lipinski definition) is 0. The van der Waals surface area contributed by atoms with E-state index in [9.17, 15) is 18.9 Å². The molecule has 3 nitrogen and oxygen atoms in total. The molecule has 14 heavy (non-hydrogen) atoms. The van der Waals surface area contributed by atoms with Crippen LogP contribution in [0.4, 0.5) is 8.78 Å². The highest BCUT2D eigenvalue weighted by atomic mass is 19.1. The first-order chi connectivity index (χ1) is 6.50. The Morgan fingerprint density at radius 2 is 1.86 bits per heavy atom. The molecule has 1 aromatic carbocycles. The number of nitrogens with zero attached hydrogens (tertiary/aromatic N) is 1. The third-order valence-corrected chi connectivity index (χ3v) is 1.83. The second kappa shape index (κ2) is 4.13. The van der Waals surface area contributed by atoms with Gasteiger partial charge in [0.2, 0.25) is 6.54 Å². The van der Waals surface area contributed by atoms with Crippen LogP contribution >= 0.6 is 0 Å². The van der Waals surface area contributed by atoms with Crippen LogP contribution in [0.5, 0.6) is 0 Å². The van der Waals surface area contributed by atoms with E-state index >= 15 is 0 Å². The standard InChI is InChI=1S/C9H9F2NO2/c1-6-4-8(10)7(9(11)5-6)2-3-12(13)14/h4-5H,2-3H2,1H3. The summed E-state index contributed by atoms with van der Waals surface area (Å²) in [6, 6.07) is 2.33. The van der Waals surface area contributed by atoms with Gasteiger partial charge in [-0.05, 0) is 24.6 Å². The minimum Gasteiger partial charge on any atom is -0.265 e. The van der Waals surface area contributed by atoms with Gasteiger partial charge in [-0.1, -0.05) is 0 Å². The Bertz CT molecular complexity index is 343. The fourth-order valence-electron chi connectivity index (χ4n) is 1.17. The van der Waals surface area contributed by atoms with Crippen molar-refractivity contribution in [1.82, 2.24) is 0 Å². The van der Waals surface area contributed by atoms with Crippen LogP contribution in [0.15, 0.2) is 12.1 Å². The highest BCUT2D eigenvalue weighted by Gasteiger charge is 2.12. The van der Waals surface area contributed by atoms with Crippen molar-refractivity contribution >= 4 is 0 Å². The Morgan fingerprint density at radius 3 is 2.29 bits per heavy atom. The summed E-state index contributed by atoms with van der Waals surface area (Å²) in [7, 11) is 0. The first-order valence-corrected chi connectivity index (χ1v) is 4.07. The second-order valence-corrected chi connectivity index (χ2v) is 3.01.